The Hall–Kier alpha value is -2.29. The number of ether oxygens (including phenoxy) is 2. The van der Waals surface area contributed by atoms with Crippen molar-refractivity contribution in [3.8, 4) is 11.5 Å². The van der Waals surface area contributed by atoms with Gasteiger partial charge in [-0.25, -0.2) is 13.6 Å². The summed E-state index contributed by atoms with van der Waals surface area (Å²) in [4.78, 5) is 12.4. The molecule has 0 aromatic heterocycles. The van der Waals surface area contributed by atoms with E-state index in [0.717, 1.165) is 0 Å². The molecule has 0 saturated carbocycles. The summed E-state index contributed by atoms with van der Waals surface area (Å²) in [5.74, 6) is 0.209. The first-order chi connectivity index (χ1) is 11.8. The summed E-state index contributed by atoms with van der Waals surface area (Å²) in [7, 11) is -3.60. The van der Waals surface area contributed by atoms with Crippen LogP contribution in [0, 0.1) is 0 Å². The molecule has 1 aliphatic heterocycles. The lowest BCUT2D eigenvalue weighted by Gasteiger charge is -2.20. The smallest absolute Gasteiger partial charge is 0.255 e. The summed E-state index contributed by atoms with van der Waals surface area (Å²) in [5, 5.41) is 8.00. The van der Waals surface area contributed by atoms with Crippen LogP contribution in [0.25, 0.3) is 0 Å². The molecule has 0 fully saturated rings. The van der Waals surface area contributed by atoms with Gasteiger partial charge in [0.1, 0.15) is 13.2 Å². The van der Waals surface area contributed by atoms with E-state index in [1.54, 1.807) is 30.3 Å². The Kier molecular flexibility index (Phi) is 4.85. The number of amides is 1. The molecule has 0 spiro atoms. The van der Waals surface area contributed by atoms with Gasteiger partial charge < -0.3 is 14.8 Å². The van der Waals surface area contributed by atoms with Gasteiger partial charge in [-0.3, -0.25) is 4.79 Å². The molecule has 0 aliphatic carbocycles. The van der Waals surface area contributed by atoms with E-state index in [-0.39, 0.29) is 11.7 Å². The number of hydrogen-bond acceptors (Lipinski definition) is 5. The summed E-state index contributed by atoms with van der Waals surface area (Å²) in [6.07, 6.45) is 0. The molecule has 132 valence electrons. The number of nitrogens with two attached hydrogens (primary N) is 1. The molecule has 9 heteroatoms. The molecule has 0 atom stereocenters. The fourth-order valence-electron chi connectivity index (χ4n) is 2.36. The number of sulfonamides is 1. The SMILES string of the molecule is NS(=O)(=O)Cc1ccc(NC(=O)c2cc(Cl)c3c(c2)OCCO3)cc1. The van der Waals surface area contributed by atoms with Crippen LogP contribution in [0.15, 0.2) is 36.4 Å². The van der Waals surface area contributed by atoms with Gasteiger partial charge in [0.25, 0.3) is 5.91 Å². The molecule has 2 aromatic rings. The lowest BCUT2D eigenvalue weighted by atomic mass is 10.1. The van der Waals surface area contributed by atoms with E-state index in [4.69, 9.17) is 26.2 Å². The van der Waals surface area contributed by atoms with E-state index in [1.807, 2.05) is 0 Å². The Labute approximate surface area is 149 Å². The van der Waals surface area contributed by atoms with Crippen LogP contribution in [0.2, 0.25) is 5.02 Å². The average molecular weight is 383 g/mol. The number of carbonyl (C=O) groups excluding carboxylic acids is 1. The Morgan fingerprint density at radius 1 is 1.16 bits per heavy atom. The molecule has 1 aliphatic rings. The lowest BCUT2D eigenvalue weighted by molar-refractivity contribution is 0.102. The highest BCUT2D eigenvalue weighted by Gasteiger charge is 2.19. The predicted octanol–water partition coefficient (Wildman–Crippen LogP) is 2.15. The maximum absolute atomic E-state index is 12.4. The van der Waals surface area contributed by atoms with Crippen molar-refractivity contribution < 1.29 is 22.7 Å². The fourth-order valence-corrected chi connectivity index (χ4v) is 3.28. The summed E-state index contributed by atoms with van der Waals surface area (Å²) < 4.78 is 33.0. The highest BCUT2D eigenvalue weighted by Crippen LogP contribution is 2.38. The van der Waals surface area contributed by atoms with Crippen LogP contribution in [0.5, 0.6) is 11.5 Å². The van der Waals surface area contributed by atoms with Crippen molar-refractivity contribution >= 4 is 33.2 Å². The van der Waals surface area contributed by atoms with Gasteiger partial charge in [0.05, 0.1) is 10.8 Å². The summed E-state index contributed by atoms with van der Waals surface area (Å²) >= 11 is 6.12. The zero-order valence-corrected chi connectivity index (χ0v) is 14.6. The molecular formula is C16H15ClN2O5S. The average Bonchev–Trinajstić information content (AvgIpc) is 2.55. The van der Waals surface area contributed by atoms with Crippen molar-refractivity contribution in [1.29, 1.82) is 0 Å². The number of benzene rings is 2. The lowest BCUT2D eigenvalue weighted by Crippen LogP contribution is -2.18. The second-order valence-electron chi connectivity index (χ2n) is 5.44. The minimum atomic E-state index is -3.60. The van der Waals surface area contributed by atoms with Crippen LogP contribution >= 0.6 is 11.6 Å². The molecule has 0 unspecified atom stereocenters. The largest absolute Gasteiger partial charge is 0.486 e. The molecule has 0 bridgehead atoms. The monoisotopic (exact) mass is 382 g/mol. The second-order valence-corrected chi connectivity index (χ2v) is 7.46. The number of hydrogen-bond donors (Lipinski definition) is 2. The first-order valence-electron chi connectivity index (χ1n) is 7.32. The van der Waals surface area contributed by atoms with Crippen molar-refractivity contribution in [2.24, 2.45) is 5.14 Å². The number of nitrogens with one attached hydrogen (secondary N) is 1. The number of carbonyl (C=O) groups is 1. The van der Waals surface area contributed by atoms with Gasteiger partial charge in [-0.2, -0.15) is 0 Å². The zero-order valence-electron chi connectivity index (χ0n) is 13.0. The number of primary sulfonamides is 1. The molecule has 1 heterocycles. The van der Waals surface area contributed by atoms with Crippen molar-refractivity contribution in [2.45, 2.75) is 5.75 Å². The number of rotatable bonds is 4. The van der Waals surface area contributed by atoms with Gasteiger partial charge >= 0.3 is 0 Å². The summed E-state index contributed by atoms with van der Waals surface area (Å²) in [6.45, 7) is 0.795. The number of fused-ring (bicyclic) bond motifs is 1. The molecular weight excluding hydrogens is 368 g/mol. The highest BCUT2D eigenvalue weighted by atomic mass is 35.5. The summed E-state index contributed by atoms with van der Waals surface area (Å²) in [6, 6.07) is 9.41. The first-order valence-corrected chi connectivity index (χ1v) is 9.41. The second kappa shape index (κ2) is 6.91. The fraction of sp³-hybridized carbons (Fsp3) is 0.188. The Bertz CT molecular complexity index is 913. The van der Waals surface area contributed by atoms with Crippen LogP contribution in [0.3, 0.4) is 0 Å². The van der Waals surface area contributed by atoms with Crippen molar-refractivity contribution in [3.63, 3.8) is 0 Å². The van der Waals surface area contributed by atoms with Gasteiger partial charge in [0.15, 0.2) is 11.5 Å². The molecule has 0 radical (unpaired) electrons. The third-order valence-electron chi connectivity index (χ3n) is 3.44. The topological polar surface area (TPSA) is 108 Å². The van der Waals surface area contributed by atoms with Crippen molar-refractivity contribution in [1.82, 2.24) is 0 Å². The predicted molar refractivity (Wildman–Crippen MR) is 93.6 cm³/mol. The third-order valence-corrected chi connectivity index (χ3v) is 4.46. The molecule has 3 rings (SSSR count). The van der Waals surface area contributed by atoms with Crippen LogP contribution in [0.4, 0.5) is 5.69 Å². The quantitative estimate of drug-likeness (QED) is 0.842. The molecule has 7 nitrogen and oxygen atoms in total. The van der Waals surface area contributed by atoms with Gasteiger partial charge in [0, 0.05) is 11.3 Å². The van der Waals surface area contributed by atoms with Gasteiger partial charge in [-0.1, -0.05) is 23.7 Å². The molecule has 1 amide bonds. The maximum atomic E-state index is 12.4. The normalized spacial score (nSPS) is 13.4. The van der Waals surface area contributed by atoms with E-state index >= 15 is 0 Å². The van der Waals surface area contributed by atoms with Crippen LogP contribution in [-0.4, -0.2) is 27.5 Å². The molecule has 3 N–H and O–H groups in total. The van der Waals surface area contributed by atoms with Gasteiger partial charge in [-0.05, 0) is 29.8 Å². The van der Waals surface area contributed by atoms with Crippen molar-refractivity contribution in [2.75, 3.05) is 18.5 Å². The number of anilines is 1. The van der Waals surface area contributed by atoms with E-state index in [1.165, 1.54) is 6.07 Å². The minimum absolute atomic E-state index is 0.265. The molecule has 0 saturated heterocycles. The Morgan fingerprint density at radius 3 is 2.52 bits per heavy atom. The van der Waals surface area contributed by atoms with Crippen LogP contribution in [-0.2, 0) is 15.8 Å². The van der Waals surface area contributed by atoms with Crippen LogP contribution in [0.1, 0.15) is 15.9 Å². The van der Waals surface area contributed by atoms with E-state index in [9.17, 15) is 13.2 Å². The van der Waals surface area contributed by atoms with Gasteiger partial charge in [0.2, 0.25) is 10.0 Å². The van der Waals surface area contributed by atoms with Crippen LogP contribution < -0.4 is 19.9 Å². The zero-order chi connectivity index (χ0) is 18.0. The minimum Gasteiger partial charge on any atom is -0.486 e. The Balaban J connectivity index is 1.75. The Morgan fingerprint density at radius 2 is 1.84 bits per heavy atom. The number of halogens is 1. The highest BCUT2D eigenvalue weighted by molar-refractivity contribution is 7.88. The third kappa shape index (κ3) is 4.41. The first kappa shape index (κ1) is 17.5. The van der Waals surface area contributed by atoms with E-state index in [2.05, 4.69) is 5.32 Å². The van der Waals surface area contributed by atoms with Gasteiger partial charge in [-0.15, -0.1) is 0 Å². The standard InChI is InChI=1S/C16H15ClN2O5S/c17-13-7-11(8-14-15(13)24-6-5-23-14)16(20)19-12-3-1-10(2-4-12)9-25(18,21)22/h1-4,7-8H,5-6,9H2,(H,19,20)(H2,18,21,22). The van der Waals surface area contributed by atoms with Crippen molar-refractivity contribution in [3.05, 3.63) is 52.5 Å². The van der Waals surface area contributed by atoms with E-state index in [0.29, 0.717) is 46.5 Å². The maximum Gasteiger partial charge on any atom is 0.255 e. The summed E-state index contributed by atoms with van der Waals surface area (Å²) in [5.41, 5.74) is 1.36. The van der Waals surface area contributed by atoms with E-state index < -0.39 is 10.0 Å². The molecule has 2 aromatic carbocycles. The molecule has 25 heavy (non-hydrogen) atoms.